The summed E-state index contributed by atoms with van der Waals surface area (Å²) in [5.41, 5.74) is -1.11. The van der Waals surface area contributed by atoms with Crippen molar-refractivity contribution in [3.8, 4) is 0 Å². The minimum absolute atomic E-state index is 0.0000342. The number of halogens is 3. The van der Waals surface area contributed by atoms with Crippen molar-refractivity contribution < 1.29 is 27.6 Å². The lowest BCUT2D eigenvalue weighted by Gasteiger charge is -2.13. The second-order valence-electron chi connectivity index (χ2n) is 5.70. The Hall–Kier alpha value is -3.36. The molecule has 0 atom stereocenters. The molecule has 2 aromatic rings. The third-order valence-electron chi connectivity index (χ3n) is 3.66. The fourth-order valence-corrected chi connectivity index (χ4v) is 2.32. The van der Waals surface area contributed by atoms with Crippen LogP contribution in [0.5, 0.6) is 0 Å². The molecule has 3 N–H and O–H groups in total. The van der Waals surface area contributed by atoms with E-state index in [9.17, 15) is 27.6 Å². The van der Waals surface area contributed by atoms with E-state index in [0.29, 0.717) is 5.56 Å². The van der Waals surface area contributed by atoms with Crippen LogP contribution < -0.4 is 16.0 Å². The van der Waals surface area contributed by atoms with Crippen LogP contribution in [0.15, 0.2) is 54.6 Å². The zero-order valence-electron chi connectivity index (χ0n) is 14.7. The first-order chi connectivity index (χ1) is 13.3. The minimum atomic E-state index is -4.64. The SMILES string of the molecule is O=C(CNC(=O)c1ccccc1)NCCNC(=O)c1ccccc1C(F)(F)F. The van der Waals surface area contributed by atoms with Crippen LogP contribution in [0.1, 0.15) is 26.3 Å². The Kier molecular flexibility index (Phi) is 7.14. The lowest BCUT2D eigenvalue weighted by Crippen LogP contribution is -2.40. The van der Waals surface area contributed by atoms with Gasteiger partial charge in [0.1, 0.15) is 0 Å². The molecule has 9 heteroatoms. The monoisotopic (exact) mass is 393 g/mol. The predicted molar refractivity (Wildman–Crippen MR) is 95.6 cm³/mol. The van der Waals surface area contributed by atoms with Crippen LogP contribution in [0.2, 0.25) is 0 Å². The second kappa shape index (κ2) is 9.54. The van der Waals surface area contributed by atoms with Crippen LogP contribution in [0, 0.1) is 0 Å². The maximum atomic E-state index is 12.9. The molecule has 0 saturated heterocycles. The third kappa shape index (κ3) is 6.11. The molecular formula is C19H18F3N3O3. The van der Waals surface area contributed by atoms with Crippen LogP contribution in [0.25, 0.3) is 0 Å². The maximum absolute atomic E-state index is 12.9. The molecule has 0 bridgehead atoms. The molecule has 148 valence electrons. The highest BCUT2D eigenvalue weighted by molar-refractivity contribution is 5.96. The van der Waals surface area contributed by atoms with Crippen molar-refractivity contribution in [2.75, 3.05) is 19.6 Å². The summed E-state index contributed by atoms with van der Waals surface area (Å²) in [6.07, 6.45) is -4.64. The summed E-state index contributed by atoms with van der Waals surface area (Å²) in [4.78, 5) is 35.4. The number of carbonyl (C=O) groups excluding carboxylic acids is 3. The number of rotatable bonds is 7. The molecule has 0 radical (unpaired) electrons. The van der Waals surface area contributed by atoms with Crippen molar-refractivity contribution in [3.63, 3.8) is 0 Å². The molecule has 2 rings (SSSR count). The first-order valence-corrected chi connectivity index (χ1v) is 8.33. The lowest BCUT2D eigenvalue weighted by atomic mass is 10.1. The van der Waals surface area contributed by atoms with Gasteiger partial charge in [-0.05, 0) is 24.3 Å². The van der Waals surface area contributed by atoms with Crippen molar-refractivity contribution in [2.24, 2.45) is 0 Å². The standard InChI is InChI=1S/C19H18F3N3O3/c20-19(21,22)15-9-5-4-8-14(15)18(28)24-11-10-23-16(26)12-25-17(27)13-6-2-1-3-7-13/h1-9H,10-12H2,(H,23,26)(H,24,28)(H,25,27). The summed E-state index contributed by atoms with van der Waals surface area (Å²) in [5, 5.41) is 7.20. The van der Waals surface area contributed by atoms with Gasteiger partial charge in [-0.2, -0.15) is 13.2 Å². The van der Waals surface area contributed by atoms with Gasteiger partial charge in [-0.1, -0.05) is 30.3 Å². The summed E-state index contributed by atoms with van der Waals surface area (Å²) >= 11 is 0. The molecule has 0 unspecified atom stereocenters. The normalized spacial score (nSPS) is 10.8. The Bertz CT molecular complexity index is 839. The molecule has 0 aromatic heterocycles. The molecule has 0 aliphatic carbocycles. The van der Waals surface area contributed by atoms with Gasteiger partial charge in [0.15, 0.2) is 0 Å². The van der Waals surface area contributed by atoms with Crippen molar-refractivity contribution >= 4 is 17.7 Å². The van der Waals surface area contributed by atoms with Crippen LogP contribution in [-0.2, 0) is 11.0 Å². The lowest BCUT2D eigenvalue weighted by molar-refractivity contribution is -0.138. The number of nitrogens with one attached hydrogen (secondary N) is 3. The maximum Gasteiger partial charge on any atom is 0.417 e. The van der Waals surface area contributed by atoms with Crippen LogP contribution in [0.3, 0.4) is 0 Å². The highest BCUT2D eigenvalue weighted by atomic mass is 19.4. The van der Waals surface area contributed by atoms with E-state index < -0.39 is 35.0 Å². The topological polar surface area (TPSA) is 87.3 Å². The number of hydrogen-bond donors (Lipinski definition) is 3. The Morgan fingerprint density at radius 3 is 2.04 bits per heavy atom. The Balaban J connectivity index is 1.73. The van der Waals surface area contributed by atoms with Crippen molar-refractivity contribution in [2.45, 2.75) is 6.18 Å². The summed E-state index contributed by atoms with van der Waals surface area (Å²) in [6, 6.07) is 12.8. The molecule has 0 aliphatic rings. The second-order valence-corrected chi connectivity index (χ2v) is 5.70. The molecule has 3 amide bonds. The first kappa shape index (κ1) is 20.9. The molecular weight excluding hydrogens is 375 g/mol. The highest BCUT2D eigenvalue weighted by Gasteiger charge is 2.34. The quantitative estimate of drug-likeness (QED) is 0.629. The van der Waals surface area contributed by atoms with Gasteiger partial charge in [-0.15, -0.1) is 0 Å². The Morgan fingerprint density at radius 1 is 0.750 bits per heavy atom. The van der Waals surface area contributed by atoms with E-state index in [1.54, 1.807) is 30.3 Å². The predicted octanol–water partition coefficient (Wildman–Crippen LogP) is 1.98. The third-order valence-corrected chi connectivity index (χ3v) is 3.66. The largest absolute Gasteiger partial charge is 0.417 e. The van der Waals surface area contributed by atoms with Gasteiger partial charge < -0.3 is 16.0 Å². The number of alkyl halides is 3. The summed E-state index contributed by atoms with van der Waals surface area (Å²) in [5.74, 6) is -1.79. The van der Waals surface area contributed by atoms with Gasteiger partial charge in [0.05, 0.1) is 17.7 Å². The minimum Gasteiger partial charge on any atom is -0.353 e. The molecule has 0 spiro atoms. The number of hydrogen-bond acceptors (Lipinski definition) is 3. The zero-order chi connectivity index (χ0) is 20.6. The Morgan fingerprint density at radius 2 is 1.36 bits per heavy atom. The van der Waals surface area contributed by atoms with E-state index in [-0.39, 0.29) is 19.6 Å². The van der Waals surface area contributed by atoms with Crippen molar-refractivity contribution in [3.05, 3.63) is 71.3 Å². The smallest absolute Gasteiger partial charge is 0.353 e. The van der Waals surface area contributed by atoms with Crippen molar-refractivity contribution in [1.29, 1.82) is 0 Å². The molecule has 28 heavy (non-hydrogen) atoms. The zero-order valence-corrected chi connectivity index (χ0v) is 14.7. The summed E-state index contributed by atoms with van der Waals surface area (Å²) in [7, 11) is 0. The fourth-order valence-electron chi connectivity index (χ4n) is 2.32. The van der Waals surface area contributed by atoms with E-state index >= 15 is 0 Å². The van der Waals surface area contributed by atoms with Gasteiger partial charge in [0.2, 0.25) is 5.91 Å². The van der Waals surface area contributed by atoms with E-state index in [1.807, 2.05) is 0 Å². The first-order valence-electron chi connectivity index (χ1n) is 8.33. The van der Waals surface area contributed by atoms with E-state index in [4.69, 9.17) is 0 Å². The number of carbonyl (C=O) groups is 3. The van der Waals surface area contributed by atoms with E-state index in [0.717, 1.165) is 12.1 Å². The average molecular weight is 393 g/mol. The molecule has 0 fully saturated rings. The van der Waals surface area contributed by atoms with Crippen LogP contribution in [-0.4, -0.2) is 37.4 Å². The van der Waals surface area contributed by atoms with Crippen LogP contribution in [0.4, 0.5) is 13.2 Å². The van der Waals surface area contributed by atoms with E-state index in [2.05, 4.69) is 16.0 Å². The summed E-state index contributed by atoms with van der Waals surface area (Å²) < 4.78 is 38.7. The fraction of sp³-hybridized carbons (Fsp3) is 0.211. The Labute approximate surface area is 159 Å². The van der Waals surface area contributed by atoms with Crippen molar-refractivity contribution in [1.82, 2.24) is 16.0 Å². The molecule has 0 aliphatic heterocycles. The highest BCUT2D eigenvalue weighted by Crippen LogP contribution is 2.31. The van der Waals surface area contributed by atoms with Gasteiger partial charge >= 0.3 is 6.18 Å². The van der Waals surface area contributed by atoms with Gasteiger partial charge in [-0.3, -0.25) is 14.4 Å². The van der Waals surface area contributed by atoms with Gasteiger partial charge in [-0.25, -0.2) is 0 Å². The number of amides is 3. The van der Waals surface area contributed by atoms with E-state index in [1.165, 1.54) is 12.1 Å². The van der Waals surface area contributed by atoms with Gasteiger partial charge in [0, 0.05) is 18.7 Å². The molecule has 2 aromatic carbocycles. The molecule has 0 saturated carbocycles. The summed E-state index contributed by atoms with van der Waals surface area (Å²) in [6.45, 7) is -0.331. The average Bonchev–Trinajstić information content (AvgIpc) is 2.69. The van der Waals surface area contributed by atoms with Crippen LogP contribution >= 0.6 is 0 Å². The number of benzene rings is 2. The molecule has 6 nitrogen and oxygen atoms in total. The molecule has 0 heterocycles. The van der Waals surface area contributed by atoms with Gasteiger partial charge in [0.25, 0.3) is 11.8 Å².